The maximum atomic E-state index is 7.73. The van der Waals surface area contributed by atoms with E-state index in [1.54, 1.807) is 0 Å². The lowest BCUT2D eigenvalue weighted by molar-refractivity contribution is 0.662. The summed E-state index contributed by atoms with van der Waals surface area (Å²) in [6.07, 6.45) is -0.397. The second-order valence-corrected chi connectivity index (χ2v) is 16.7. The van der Waals surface area contributed by atoms with Crippen LogP contribution in [0.3, 0.4) is 0 Å². The van der Waals surface area contributed by atoms with Crippen LogP contribution in [0.1, 0.15) is 22.9 Å². The SMILES string of the molecule is [C-]#[N+]c1cccc2c(-c3ccc(-c4ccc5c6c(ccc(-c7ccc(C8=NC(c9ccccc9)=NC(c9cccc%10oc%11ccccc%11c9%10)N8)cc7)c46)-c4ccccc4-5)cc3)cccc12. The molecule has 0 fully saturated rings. The predicted molar refractivity (Wildman–Crippen MR) is 268 cm³/mol. The number of nitrogens with one attached hydrogen (secondary N) is 1. The van der Waals surface area contributed by atoms with Crippen LogP contribution in [0.15, 0.2) is 221 Å². The molecule has 0 bridgehead atoms. The van der Waals surface area contributed by atoms with Gasteiger partial charge in [0.05, 0.1) is 6.57 Å². The number of amidine groups is 2. The number of hydrogen-bond donors (Lipinski definition) is 1. The number of rotatable bonds is 6. The van der Waals surface area contributed by atoms with Crippen LogP contribution in [0.25, 0.3) is 104 Å². The summed E-state index contributed by atoms with van der Waals surface area (Å²) in [6, 6.07) is 72.5. The summed E-state index contributed by atoms with van der Waals surface area (Å²) >= 11 is 0. The van der Waals surface area contributed by atoms with E-state index in [1.165, 1.54) is 44.2 Å². The Morgan fingerprint density at radius 2 is 0.938 bits per heavy atom. The molecule has 1 aliphatic carbocycles. The van der Waals surface area contributed by atoms with Crippen molar-refractivity contribution in [2.75, 3.05) is 0 Å². The van der Waals surface area contributed by atoms with Crippen LogP contribution in [-0.4, -0.2) is 11.7 Å². The Morgan fingerprint density at radius 3 is 1.66 bits per heavy atom. The Morgan fingerprint density at radius 1 is 0.400 bits per heavy atom. The first-order valence-electron chi connectivity index (χ1n) is 21.9. The highest BCUT2D eigenvalue weighted by molar-refractivity contribution is 6.23. The monoisotopic (exact) mass is 828 g/mol. The molecular weight excluding hydrogens is 793 g/mol. The summed E-state index contributed by atoms with van der Waals surface area (Å²) in [5.74, 6) is 1.43. The smallest absolute Gasteiger partial charge is 0.194 e. The van der Waals surface area contributed by atoms with Crippen molar-refractivity contribution >= 4 is 60.8 Å². The highest BCUT2D eigenvalue weighted by Gasteiger charge is 2.27. The van der Waals surface area contributed by atoms with E-state index in [2.05, 4.69) is 150 Å². The summed E-state index contributed by atoms with van der Waals surface area (Å²) in [5, 5.41) is 10.4. The fourth-order valence-corrected chi connectivity index (χ4v) is 10.2. The molecule has 302 valence electrons. The fraction of sp³-hybridized carbons (Fsp3) is 0.0167. The van der Waals surface area contributed by atoms with Crippen molar-refractivity contribution in [3.63, 3.8) is 0 Å². The first-order valence-corrected chi connectivity index (χ1v) is 21.9. The quantitative estimate of drug-likeness (QED) is 0.170. The number of hydrogen-bond acceptors (Lipinski definition) is 4. The van der Waals surface area contributed by atoms with E-state index in [9.17, 15) is 0 Å². The maximum Gasteiger partial charge on any atom is 0.194 e. The van der Waals surface area contributed by atoms with Crippen molar-refractivity contribution in [3.05, 3.63) is 234 Å². The second-order valence-electron chi connectivity index (χ2n) is 16.7. The first kappa shape index (κ1) is 36.8. The summed E-state index contributed by atoms with van der Waals surface area (Å²) in [7, 11) is 0. The molecule has 10 aromatic carbocycles. The molecule has 1 aliphatic heterocycles. The van der Waals surface area contributed by atoms with Gasteiger partial charge in [0.2, 0.25) is 0 Å². The first-order chi connectivity index (χ1) is 32.2. The van der Waals surface area contributed by atoms with Gasteiger partial charge in [0, 0.05) is 27.5 Å². The lowest BCUT2D eigenvalue weighted by Crippen LogP contribution is -2.33. The minimum atomic E-state index is -0.397. The Labute approximate surface area is 375 Å². The second kappa shape index (κ2) is 14.6. The Bertz CT molecular complexity index is 3820. The fourth-order valence-electron chi connectivity index (χ4n) is 10.2. The summed E-state index contributed by atoms with van der Waals surface area (Å²) < 4.78 is 6.30. The van der Waals surface area contributed by atoms with Crippen LogP contribution in [0.2, 0.25) is 0 Å². The third-order valence-electron chi connectivity index (χ3n) is 13.2. The highest BCUT2D eigenvalue weighted by atomic mass is 16.3. The molecule has 11 aromatic rings. The normalized spacial score (nSPS) is 14.0. The molecule has 2 aliphatic rings. The Hall–Kier alpha value is -8.85. The van der Waals surface area contributed by atoms with Crippen molar-refractivity contribution in [2.45, 2.75) is 6.17 Å². The minimum absolute atomic E-state index is 0.397. The zero-order chi connectivity index (χ0) is 43.0. The van der Waals surface area contributed by atoms with Gasteiger partial charge in [-0.1, -0.05) is 194 Å². The number of nitrogens with zero attached hydrogens (tertiary/aromatic N) is 3. The molecular formula is C60H36N4O. The molecule has 13 rings (SSSR count). The lowest BCUT2D eigenvalue weighted by atomic mass is 9.87. The average Bonchev–Trinajstić information content (AvgIpc) is 3.93. The third kappa shape index (κ3) is 5.85. The zero-order valence-corrected chi connectivity index (χ0v) is 35.0. The standard InChI is InChI=1S/C60H36N4O/c1-61-52-21-10-18-44-41(17-9-19-47(44)52)36-24-26-37(27-25-36)42-32-34-48-45-14-5-6-15-46(45)49-35-33-43(56(42)57(48)49)38-28-30-40(31-29-38)59-62-58(39-12-3-2-4-13-39)63-60(64-59)51-20-11-23-54-55(51)50-16-7-8-22-53(50)65-54/h2-35,60H,(H,62,63,64). The Balaban J connectivity index is 0.921. The van der Waals surface area contributed by atoms with Gasteiger partial charge in [0.25, 0.3) is 0 Å². The van der Waals surface area contributed by atoms with Gasteiger partial charge in [-0.3, -0.25) is 0 Å². The predicted octanol–water partition coefficient (Wildman–Crippen LogP) is 15.6. The van der Waals surface area contributed by atoms with Crippen LogP contribution >= 0.6 is 0 Å². The van der Waals surface area contributed by atoms with Crippen LogP contribution < -0.4 is 5.32 Å². The van der Waals surface area contributed by atoms with Crippen LogP contribution in [-0.2, 0) is 0 Å². The molecule has 0 saturated heterocycles. The van der Waals surface area contributed by atoms with Gasteiger partial charge < -0.3 is 9.73 Å². The van der Waals surface area contributed by atoms with Crippen LogP contribution in [0.5, 0.6) is 0 Å². The van der Waals surface area contributed by atoms with Gasteiger partial charge in [-0.2, -0.15) is 0 Å². The van der Waals surface area contributed by atoms with Gasteiger partial charge in [-0.25, -0.2) is 14.8 Å². The molecule has 0 spiro atoms. The highest BCUT2D eigenvalue weighted by Crippen LogP contribution is 2.52. The topological polar surface area (TPSA) is 54.2 Å². The van der Waals surface area contributed by atoms with Crippen molar-refractivity contribution in [1.82, 2.24) is 5.32 Å². The molecule has 5 heteroatoms. The molecule has 1 aromatic heterocycles. The Kier molecular flexibility index (Phi) is 8.27. The van der Waals surface area contributed by atoms with Crippen molar-refractivity contribution < 1.29 is 4.42 Å². The van der Waals surface area contributed by atoms with Crippen LogP contribution in [0.4, 0.5) is 5.69 Å². The number of para-hydroxylation sites is 1. The van der Waals surface area contributed by atoms with E-state index in [4.69, 9.17) is 21.0 Å². The third-order valence-corrected chi connectivity index (χ3v) is 13.2. The molecule has 1 N–H and O–H groups in total. The summed E-state index contributed by atoms with van der Waals surface area (Å²) in [4.78, 5) is 14.2. The molecule has 65 heavy (non-hydrogen) atoms. The molecule has 1 atom stereocenters. The van der Waals surface area contributed by atoms with Crippen molar-refractivity contribution in [1.29, 1.82) is 0 Å². The van der Waals surface area contributed by atoms with Crippen LogP contribution in [0, 0.1) is 6.57 Å². The summed E-state index contributed by atoms with van der Waals surface area (Å²) in [6.45, 7) is 7.73. The zero-order valence-electron chi connectivity index (χ0n) is 35.0. The summed E-state index contributed by atoms with van der Waals surface area (Å²) in [5.41, 5.74) is 17.2. The van der Waals surface area contributed by atoms with E-state index < -0.39 is 6.17 Å². The van der Waals surface area contributed by atoms with Gasteiger partial charge in [-0.15, -0.1) is 0 Å². The van der Waals surface area contributed by atoms with Crippen molar-refractivity contribution in [3.8, 4) is 55.6 Å². The molecule has 5 nitrogen and oxygen atoms in total. The van der Waals surface area contributed by atoms with Crippen molar-refractivity contribution in [2.24, 2.45) is 9.98 Å². The average molecular weight is 829 g/mol. The number of fused-ring (bicyclic) bond motifs is 7. The molecule has 0 saturated carbocycles. The number of aliphatic imine (C=N–C) groups is 2. The van der Waals surface area contributed by atoms with E-state index in [0.29, 0.717) is 11.5 Å². The maximum absolute atomic E-state index is 7.73. The molecule has 0 amide bonds. The lowest BCUT2D eigenvalue weighted by Gasteiger charge is -2.24. The van der Waals surface area contributed by atoms with Gasteiger partial charge in [0.1, 0.15) is 23.2 Å². The molecule has 2 heterocycles. The van der Waals surface area contributed by atoms with E-state index in [1.807, 2.05) is 66.7 Å². The van der Waals surface area contributed by atoms with E-state index in [-0.39, 0.29) is 0 Å². The van der Waals surface area contributed by atoms with Gasteiger partial charge in [0.15, 0.2) is 11.5 Å². The number of furan rings is 1. The van der Waals surface area contributed by atoms with Gasteiger partial charge >= 0.3 is 0 Å². The van der Waals surface area contributed by atoms with E-state index >= 15 is 0 Å². The van der Waals surface area contributed by atoms with E-state index in [0.717, 1.165) is 77.5 Å². The molecule has 0 radical (unpaired) electrons. The molecule has 1 unspecified atom stereocenters. The van der Waals surface area contributed by atoms with Gasteiger partial charge in [-0.05, 0) is 89.3 Å². The largest absolute Gasteiger partial charge is 0.456 e. The minimum Gasteiger partial charge on any atom is -0.456 e. The number of benzene rings is 10.